The molecule has 0 unspecified atom stereocenters. The first-order chi connectivity index (χ1) is 12.6. The van der Waals surface area contributed by atoms with E-state index < -0.39 is 0 Å². The molecule has 1 aliphatic rings. The van der Waals surface area contributed by atoms with Crippen molar-refractivity contribution in [1.82, 2.24) is 15.2 Å². The zero-order chi connectivity index (χ0) is 18.5. The number of aromatic nitrogens is 1. The van der Waals surface area contributed by atoms with Gasteiger partial charge in [0.2, 0.25) is 5.91 Å². The minimum Gasteiger partial charge on any atom is -0.497 e. The maximum absolute atomic E-state index is 12.9. The molecule has 2 heterocycles. The number of carbonyl (C=O) groups is 2. The third-order valence-corrected chi connectivity index (χ3v) is 4.58. The highest BCUT2D eigenvalue weighted by atomic mass is 16.5. The molecule has 6 nitrogen and oxygen atoms in total. The quantitative estimate of drug-likeness (QED) is 0.897. The molecular formula is C20H23N3O3. The van der Waals surface area contributed by atoms with Crippen LogP contribution in [0.2, 0.25) is 0 Å². The lowest BCUT2D eigenvalue weighted by Crippen LogP contribution is -2.31. The van der Waals surface area contributed by atoms with Crippen molar-refractivity contribution in [2.24, 2.45) is 0 Å². The molecule has 0 bridgehead atoms. The second-order valence-corrected chi connectivity index (χ2v) is 6.39. The van der Waals surface area contributed by atoms with Crippen molar-refractivity contribution in [1.29, 1.82) is 0 Å². The molecule has 6 heteroatoms. The predicted molar refractivity (Wildman–Crippen MR) is 97.8 cm³/mol. The predicted octanol–water partition coefficient (Wildman–Crippen LogP) is 2.70. The van der Waals surface area contributed by atoms with Gasteiger partial charge in [-0.25, -0.2) is 0 Å². The van der Waals surface area contributed by atoms with Gasteiger partial charge < -0.3 is 15.0 Å². The van der Waals surface area contributed by atoms with Gasteiger partial charge in [-0.2, -0.15) is 0 Å². The van der Waals surface area contributed by atoms with E-state index in [0.717, 1.165) is 36.4 Å². The highest BCUT2D eigenvalue weighted by Gasteiger charge is 2.31. The molecule has 0 saturated carbocycles. The maximum Gasteiger partial charge on any atom is 0.254 e. The normalized spacial score (nSPS) is 16.4. The van der Waals surface area contributed by atoms with E-state index in [1.165, 1.54) is 6.92 Å². The van der Waals surface area contributed by atoms with Crippen molar-refractivity contribution in [2.75, 3.05) is 13.7 Å². The topological polar surface area (TPSA) is 71.5 Å². The summed E-state index contributed by atoms with van der Waals surface area (Å²) in [6, 6.07) is 11.1. The van der Waals surface area contributed by atoms with Crippen molar-refractivity contribution in [3.05, 3.63) is 59.4 Å². The van der Waals surface area contributed by atoms with Crippen LogP contribution in [-0.4, -0.2) is 35.4 Å². The third-order valence-electron chi connectivity index (χ3n) is 4.58. The van der Waals surface area contributed by atoms with Gasteiger partial charge in [0.05, 0.1) is 18.8 Å². The van der Waals surface area contributed by atoms with Gasteiger partial charge in [0, 0.05) is 31.8 Å². The number of methoxy groups -OCH3 is 1. The number of amides is 2. The molecular weight excluding hydrogens is 330 g/mol. The van der Waals surface area contributed by atoms with Crippen LogP contribution >= 0.6 is 0 Å². The van der Waals surface area contributed by atoms with Gasteiger partial charge in [-0.05, 0) is 48.7 Å². The second-order valence-electron chi connectivity index (χ2n) is 6.39. The van der Waals surface area contributed by atoms with Crippen molar-refractivity contribution < 1.29 is 14.3 Å². The molecule has 1 fully saturated rings. The van der Waals surface area contributed by atoms with E-state index in [1.807, 2.05) is 17.0 Å². The molecule has 0 spiro atoms. The Morgan fingerprint density at radius 1 is 1.23 bits per heavy atom. The Balaban J connectivity index is 1.72. The van der Waals surface area contributed by atoms with Gasteiger partial charge in [-0.1, -0.05) is 6.07 Å². The van der Waals surface area contributed by atoms with E-state index in [-0.39, 0.29) is 17.9 Å². The Labute approximate surface area is 153 Å². The molecule has 2 amide bonds. The van der Waals surface area contributed by atoms with Crippen LogP contribution in [0.5, 0.6) is 5.75 Å². The lowest BCUT2D eigenvalue weighted by Gasteiger charge is -2.24. The largest absolute Gasteiger partial charge is 0.497 e. The zero-order valence-corrected chi connectivity index (χ0v) is 15.1. The van der Waals surface area contributed by atoms with Crippen LogP contribution < -0.4 is 10.1 Å². The van der Waals surface area contributed by atoms with E-state index >= 15 is 0 Å². The Kier molecular flexibility index (Phi) is 5.51. The fourth-order valence-corrected chi connectivity index (χ4v) is 3.18. The minimum atomic E-state index is -0.0684. The number of nitrogens with zero attached hydrogens (tertiary/aromatic N) is 2. The summed E-state index contributed by atoms with van der Waals surface area (Å²) in [6.45, 7) is 2.68. The molecule has 1 N–H and O–H groups in total. The SMILES string of the molecule is COc1ccc(C(=O)N2CCC[C@@H]2c2ccc(CNC(C)=O)cn2)cc1. The van der Waals surface area contributed by atoms with Gasteiger partial charge in [-0.15, -0.1) is 0 Å². The van der Waals surface area contributed by atoms with E-state index in [2.05, 4.69) is 10.3 Å². The summed E-state index contributed by atoms with van der Waals surface area (Å²) in [5.74, 6) is 0.677. The Hall–Kier alpha value is -2.89. The number of benzene rings is 1. The van der Waals surface area contributed by atoms with Crippen LogP contribution in [-0.2, 0) is 11.3 Å². The molecule has 1 aromatic heterocycles. The Bertz CT molecular complexity index is 772. The lowest BCUT2D eigenvalue weighted by atomic mass is 10.1. The molecule has 1 atom stereocenters. The highest BCUT2D eigenvalue weighted by molar-refractivity contribution is 5.94. The number of hydrogen-bond donors (Lipinski definition) is 1. The monoisotopic (exact) mass is 353 g/mol. The third kappa shape index (κ3) is 4.02. The summed E-state index contributed by atoms with van der Waals surface area (Å²) >= 11 is 0. The minimum absolute atomic E-state index is 0.0132. The molecule has 136 valence electrons. The molecule has 1 aromatic carbocycles. The van der Waals surface area contributed by atoms with Gasteiger partial charge in [0.25, 0.3) is 5.91 Å². The molecule has 26 heavy (non-hydrogen) atoms. The van der Waals surface area contributed by atoms with Gasteiger partial charge in [0.15, 0.2) is 0 Å². The van der Waals surface area contributed by atoms with Gasteiger partial charge in [-0.3, -0.25) is 14.6 Å². The summed E-state index contributed by atoms with van der Waals surface area (Å²) in [7, 11) is 1.61. The molecule has 0 aliphatic carbocycles. The molecule has 1 aliphatic heterocycles. The van der Waals surface area contributed by atoms with Crippen LogP contribution in [0.15, 0.2) is 42.6 Å². The van der Waals surface area contributed by atoms with E-state index in [1.54, 1.807) is 37.6 Å². The second kappa shape index (κ2) is 7.99. The van der Waals surface area contributed by atoms with E-state index in [0.29, 0.717) is 12.1 Å². The summed E-state index contributed by atoms with van der Waals surface area (Å²) in [6.07, 6.45) is 3.63. The number of carbonyl (C=O) groups excluding carboxylic acids is 2. The van der Waals surface area contributed by atoms with Gasteiger partial charge >= 0.3 is 0 Å². The van der Waals surface area contributed by atoms with E-state index in [4.69, 9.17) is 4.74 Å². The van der Waals surface area contributed by atoms with Crippen molar-refractivity contribution >= 4 is 11.8 Å². The average molecular weight is 353 g/mol. The number of nitrogens with one attached hydrogen (secondary N) is 1. The summed E-state index contributed by atoms with van der Waals surface area (Å²) in [5, 5.41) is 2.75. The van der Waals surface area contributed by atoms with Crippen LogP contribution in [0.1, 0.15) is 47.4 Å². The smallest absolute Gasteiger partial charge is 0.254 e. The maximum atomic E-state index is 12.9. The summed E-state index contributed by atoms with van der Waals surface area (Å²) in [4.78, 5) is 30.3. The number of rotatable bonds is 5. The number of pyridine rings is 1. The number of likely N-dealkylation sites (tertiary alicyclic amines) is 1. The van der Waals surface area contributed by atoms with Crippen molar-refractivity contribution in [3.8, 4) is 5.75 Å². The van der Waals surface area contributed by atoms with Gasteiger partial charge in [0.1, 0.15) is 5.75 Å². The molecule has 3 rings (SSSR count). The Morgan fingerprint density at radius 2 is 2.00 bits per heavy atom. The van der Waals surface area contributed by atoms with Crippen LogP contribution in [0.4, 0.5) is 0 Å². The first-order valence-electron chi connectivity index (χ1n) is 8.73. The zero-order valence-electron chi connectivity index (χ0n) is 15.1. The molecule has 0 radical (unpaired) electrons. The van der Waals surface area contributed by atoms with Crippen LogP contribution in [0.25, 0.3) is 0 Å². The fraction of sp³-hybridized carbons (Fsp3) is 0.350. The Morgan fingerprint density at radius 3 is 2.62 bits per heavy atom. The first-order valence-corrected chi connectivity index (χ1v) is 8.73. The van der Waals surface area contributed by atoms with Crippen LogP contribution in [0.3, 0.4) is 0 Å². The number of ether oxygens (including phenoxy) is 1. The molecule has 1 saturated heterocycles. The van der Waals surface area contributed by atoms with Crippen LogP contribution in [0, 0.1) is 0 Å². The number of hydrogen-bond acceptors (Lipinski definition) is 4. The van der Waals surface area contributed by atoms with Crippen molar-refractivity contribution in [3.63, 3.8) is 0 Å². The average Bonchev–Trinajstić information content (AvgIpc) is 3.16. The fourth-order valence-electron chi connectivity index (χ4n) is 3.18. The van der Waals surface area contributed by atoms with E-state index in [9.17, 15) is 9.59 Å². The first kappa shape index (κ1) is 17.9. The summed E-state index contributed by atoms with van der Waals surface area (Å²) in [5.41, 5.74) is 2.48. The lowest BCUT2D eigenvalue weighted by molar-refractivity contribution is -0.119. The summed E-state index contributed by atoms with van der Waals surface area (Å²) < 4.78 is 5.15. The molecule has 2 aromatic rings. The highest BCUT2D eigenvalue weighted by Crippen LogP contribution is 2.32. The van der Waals surface area contributed by atoms with Crippen molar-refractivity contribution in [2.45, 2.75) is 32.4 Å². The standard InChI is InChI=1S/C20H23N3O3/c1-14(24)21-12-15-5-10-18(22-13-15)19-4-3-11-23(19)20(25)16-6-8-17(26-2)9-7-16/h5-10,13,19H,3-4,11-12H2,1-2H3,(H,21,24)/t19-/m1/s1.